The molecule has 1 heterocycles. The van der Waals surface area contributed by atoms with E-state index >= 15 is 0 Å². The second-order valence-corrected chi connectivity index (χ2v) is 8.00. The molecule has 0 radical (unpaired) electrons. The third kappa shape index (κ3) is 5.26. The van der Waals surface area contributed by atoms with Gasteiger partial charge in [0.15, 0.2) is 5.13 Å². The van der Waals surface area contributed by atoms with E-state index in [9.17, 15) is 4.79 Å². The van der Waals surface area contributed by atoms with Crippen molar-refractivity contribution in [1.29, 1.82) is 0 Å². The Morgan fingerprint density at radius 2 is 1.79 bits per heavy atom. The molecule has 7 heteroatoms. The van der Waals surface area contributed by atoms with E-state index in [4.69, 9.17) is 21.3 Å². The van der Waals surface area contributed by atoms with Crippen LogP contribution in [-0.4, -0.2) is 48.6 Å². The molecule has 0 aliphatic heterocycles. The summed E-state index contributed by atoms with van der Waals surface area (Å²) in [7, 11) is 0. The first-order valence-corrected chi connectivity index (χ1v) is 11.1. The van der Waals surface area contributed by atoms with Crippen molar-refractivity contribution >= 4 is 44.2 Å². The highest BCUT2D eigenvalue weighted by Crippen LogP contribution is 2.32. The fraction of sp³-hybridized carbons (Fsp3) is 0.364. The van der Waals surface area contributed by atoms with E-state index in [2.05, 4.69) is 18.7 Å². The maximum Gasteiger partial charge on any atom is 0.260 e. The Morgan fingerprint density at radius 1 is 1.07 bits per heavy atom. The zero-order chi connectivity index (χ0) is 20.8. The Labute approximate surface area is 180 Å². The Balaban J connectivity index is 1.93. The number of fused-ring (bicyclic) bond motifs is 1. The number of hydrogen-bond acceptors (Lipinski definition) is 5. The molecule has 1 amide bonds. The minimum absolute atomic E-state index is 0.0714. The molecule has 5 nitrogen and oxygen atoms in total. The highest BCUT2D eigenvalue weighted by Gasteiger charge is 2.22. The van der Waals surface area contributed by atoms with Crippen LogP contribution in [0.3, 0.4) is 0 Å². The summed E-state index contributed by atoms with van der Waals surface area (Å²) in [5.74, 6) is 0.742. The van der Waals surface area contributed by atoms with E-state index < -0.39 is 0 Å². The number of carbonyl (C=O) groups excluding carboxylic acids is 1. The van der Waals surface area contributed by atoms with E-state index in [0.29, 0.717) is 28.9 Å². The molecule has 0 spiro atoms. The van der Waals surface area contributed by atoms with Crippen LogP contribution >= 0.6 is 22.9 Å². The minimum Gasteiger partial charge on any atom is -0.494 e. The minimum atomic E-state index is -0.0714. The number of rotatable bonds is 9. The van der Waals surface area contributed by atoms with Crippen LogP contribution < -0.4 is 9.64 Å². The average Bonchev–Trinajstić information content (AvgIpc) is 3.14. The Bertz CT molecular complexity index is 954. The first kappa shape index (κ1) is 21.6. The molecule has 154 valence electrons. The molecule has 0 aliphatic rings. The number of halogens is 1. The number of amides is 1. The highest BCUT2D eigenvalue weighted by atomic mass is 35.5. The summed E-state index contributed by atoms with van der Waals surface area (Å²) in [6.07, 6.45) is 0. The van der Waals surface area contributed by atoms with Gasteiger partial charge in [0.2, 0.25) is 0 Å². The van der Waals surface area contributed by atoms with Crippen molar-refractivity contribution < 1.29 is 9.53 Å². The monoisotopic (exact) mass is 431 g/mol. The maximum absolute atomic E-state index is 13.3. The Morgan fingerprint density at radius 3 is 2.45 bits per heavy atom. The van der Waals surface area contributed by atoms with Crippen molar-refractivity contribution in [3.8, 4) is 5.75 Å². The average molecular weight is 432 g/mol. The predicted molar refractivity (Wildman–Crippen MR) is 122 cm³/mol. The zero-order valence-electron chi connectivity index (χ0n) is 17.0. The molecule has 0 saturated carbocycles. The van der Waals surface area contributed by atoms with Crippen molar-refractivity contribution in [3.63, 3.8) is 0 Å². The van der Waals surface area contributed by atoms with Crippen LogP contribution in [0.2, 0.25) is 5.02 Å². The number of hydrogen-bond donors (Lipinski definition) is 0. The van der Waals surface area contributed by atoms with Crippen LogP contribution in [-0.2, 0) is 0 Å². The van der Waals surface area contributed by atoms with Gasteiger partial charge in [0.05, 0.1) is 16.8 Å². The van der Waals surface area contributed by atoms with Crippen molar-refractivity contribution in [2.45, 2.75) is 20.8 Å². The number of nitrogens with zero attached hydrogens (tertiary/aromatic N) is 3. The fourth-order valence-electron chi connectivity index (χ4n) is 3.08. The van der Waals surface area contributed by atoms with Crippen LogP contribution in [0.15, 0.2) is 42.5 Å². The molecule has 0 saturated heterocycles. The van der Waals surface area contributed by atoms with Crippen LogP contribution in [0, 0.1) is 0 Å². The summed E-state index contributed by atoms with van der Waals surface area (Å²) in [6.45, 7) is 10.1. The molecule has 3 aromatic rings. The molecule has 0 N–H and O–H groups in total. The third-order valence-corrected chi connectivity index (χ3v) is 6.05. The fourth-order valence-corrected chi connectivity index (χ4v) is 4.22. The molecule has 3 rings (SSSR count). The number of benzene rings is 2. The molecule has 0 unspecified atom stereocenters. The highest BCUT2D eigenvalue weighted by molar-refractivity contribution is 7.22. The summed E-state index contributed by atoms with van der Waals surface area (Å²) in [4.78, 5) is 22.1. The van der Waals surface area contributed by atoms with Gasteiger partial charge in [-0.3, -0.25) is 9.69 Å². The van der Waals surface area contributed by atoms with Gasteiger partial charge in [-0.1, -0.05) is 36.8 Å². The van der Waals surface area contributed by atoms with Gasteiger partial charge in [0.1, 0.15) is 5.75 Å². The molecule has 0 bridgehead atoms. The van der Waals surface area contributed by atoms with Crippen molar-refractivity contribution in [2.24, 2.45) is 0 Å². The summed E-state index contributed by atoms with van der Waals surface area (Å²) in [5, 5.41) is 1.31. The third-order valence-electron chi connectivity index (χ3n) is 4.76. The number of anilines is 1. The van der Waals surface area contributed by atoms with Crippen molar-refractivity contribution in [3.05, 3.63) is 53.1 Å². The lowest BCUT2D eigenvalue weighted by molar-refractivity contribution is 0.0984. The summed E-state index contributed by atoms with van der Waals surface area (Å²) < 4.78 is 6.60. The number of aromatic nitrogens is 1. The summed E-state index contributed by atoms with van der Waals surface area (Å²) in [5.41, 5.74) is 1.47. The van der Waals surface area contributed by atoms with E-state index in [1.54, 1.807) is 29.2 Å². The van der Waals surface area contributed by atoms with E-state index in [1.807, 2.05) is 25.1 Å². The van der Waals surface area contributed by atoms with E-state index in [-0.39, 0.29) is 5.91 Å². The lowest BCUT2D eigenvalue weighted by Crippen LogP contribution is -2.38. The molecule has 2 aromatic carbocycles. The number of ether oxygens (including phenoxy) is 1. The lowest BCUT2D eigenvalue weighted by atomic mass is 10.2. The van der Waals surface area contributed by atoms with E-state index in [0.717, 1.165) is 35.6 Å². The lowest BCUT2D eigenvalue weighted by Gasteiger charge is -2.24. The molecule has 0 aliphatic carbocycles. The van der Waals surface area contributed by atoms with Gasteiger partial charge in [-0.15, -0.1) is 0 Å². The molecule has 29 heavy (non-hydrogen) atoms. The maximum atomic E-state index is 13.3. The summed E-state index contributed by atoms with van der Waals surface area (Å²) >= 11 is 7.50. The normalized spacial score (nSPS) is 11.2. The quantitative estimate of drug-likeness (QED) is 0.459. The van der Waals surface area contributed by atoms with Crippen LogP contribution in [0.25, 0.3) is 10.2 Å². The Hall–Kier alpha value is -2.15. The molecule has 0 fully saturated rings. The SMILES string of the molecule is CCOc1ccc2nc(N(CCN(CC)CC)C(=O)c3ccc(Cl)cc3)sc2c1. The number of thiazole rings is 1. The topological polar surface area (TPSA) is 45.7 Å². The van der Waals surface area contributed by atoms with E-state index in [1.165, 1.54) is 11.3 Å². The number of likely N-dealkylation sites (N-methyl/N-ethyl adjacent to an activating group) is 1. The van der Waals surface area contributed by atoms with Gasteiger partial charge in [-0.2, -0.15) is 0 Å². The largest absolute Gasteiger partial charge is 0.494 e. The van der Waals surface area contributed by atoms with Gasteiger partial charge >= 0.3 is 0 Å². The van der Waals surface area contributed by atoms with Crippen LogP contribution in [0.1, 0.15) is 31.1 Å². The van der Waals surface area contributed by atoms with Gasteiger partial charge in [-0.05, 0) is 62.5 Å². The van der Waals surface area contributed by atoms with Gasteiger partial charge in [0, 0.05) is 23.7 Å². The Kier molecular flexibility index (Phi) is 7.47. The zero-order valence-corrected chi connectivity index (χ0v) is 18.6. The van der Waals surface area contributed by atoms with Gasteiger partial charge in [0.25, 0.3) is 5.91 Å². The smallest absolute Gasteiger partial charge is 0.260 e. The second kappa shape index (κ2) is 10.1. The summed E-state index contributed by atoms with van der Waals surface area (Å²) in [6, 6.07) is 12.8. The van der Waals surface area contributed by atoms with Crippen molar-refractivity contribution in [2.75, 3.05) is 37.7 Å². The van der Waals surface area contributed by atoms with Crippen LogP contribution in [0.4, 0.5) is 5.13 Å². The van der Waals surface area contributed by atoms with Gasteiger partial charge < -0.3 is 9.64 Å². The predicted octanol–water partition coefficient (Wildman–Crippen LogP) is 5.34. The molecular weight excluding hydrogens is 406 g/mol. The molecule has 1 aromatic heterocycles. The first-order chi connectivity index (χ1) is 14.0. The van der Waals surface area contributed by atoms with Crippen LogP contribution in [0.5, 0.6) is 5.75 Å². The standard InChI is InChI=1S/C22H26ClN3O2S/c1-4-25(5-2)13-14-26(21(27)16-7-9-17(23)10-8-16)22-24-19-12-11-18(28-6-3)15-20(19)29-22/h7-12,15H,4-6,13-14H2,1-3H3. The van der Waals surface area contributed by atoms with Crippen molar-refractivity contribution in [1.82, 2.24) is 9.88 Å². The molecule has 0 atom stereocenters. The molecular formula is C22H26ClN3O2S. The van der Waals surface area contributed by atoms with Gasteiger partial charge in [-0.25, -0.2) is 4.98 Å². The first-order valence-electron chi connectivity index (χ1n) is 9.88. The second-order valence-electron chi connectivity index (χ2n) is 6.55. The number of carbonyl (C=O) groups is 1.